The van der Waals surface area contributed by atoms with Crippen molar-refractivity contribution in [3.05, 3.63) is 47.4 Å². The molecule has 10 nitrogen and oxygen atoms in total. The van der Waals surface area contributed by atoms with Crippen LogP contribution in [0.5, 0.6) is 0 Å². The number of hydrogen-bond acceptors (Lipinski definition) is 7. The maximum atomic E-state index is 13.2. The van der Waals surface area contributed by atoms with Crippen molar-refractivity contribution in [2.45, 2.75) is 25.7 Å². The van der Waals surface area contributed by atoms with Crippen LogP contribution in [-0.2, 0) is 9.59 Å². The van der Waals surface area contributed by atoms with Gasteiger partial charge < -0.3 is 24.9 Å². The van der Waals surface area contributed by atoms with Crippen LogP contribution in [0.1, 0.15) is 36.2 Å². The highest BCUT2D eigenvalue weighted by atomic mass is 35.5. The molecule has 3 heterocycles. The zero-order valence-electron chi connectivity index (χ0n) is 21.2. The van der Waals surface area contributed by atoms with Gasteiger partial charge >= 0.3 is 0 Å². The van der Waals surface area contributed by atoms with Gasteiger partial charge in [-0.25, -0.2) is 4.98 Å². The smallest absolute Gasteiger partial charge is 0.294 e. The van der Waals surface area contributed by atoms with Gasteiger partial charge in [0, 0.05) is 44.4 Å². The molecule has 0 aromatic carbocycles. The van der Waals surface area contributed by atoms with E-state index in [9.17, 15) is 14.4 Å². The molecule has 0 bridgehead atoms. The number of carbonyl (C=O) groups is 3. The lowest BCUT2D eigenvalue weighted by Crippen LogP contribution is -2.39. The SMILES string of the molecule is CN(C)CCN(C)C(=O)C1CCC(C(=O)Nc2c(C(=O)Nc3ccc(Cl)cn3)oc3cccnc23)CC1. The van der Waals surface area contributed by atoms with Crippen molar-refractivity contribution in [1.82, 2.24) is 19.8 Å². The van der Waals surface area contributed by atoms with E-state index in [1.807, 2.05) is 26.0 Å². The van der Waals surface area contributed by atoms with E-state index in [0.29, 0.717) is 54.2 Å². The summed E-state index contributed by atoms with van der Waals surface area (Å²) < 4.78 is 5.76. The zero-order chi connectivity index (χ0) is 26.5. The Bertz CT molecular complexity index is 1270. The minimum absolute atomic E-state index is 0.0646. The van der Waals surface area contributed by atoms with Gasteiger partial charge in [-0.2, -0.15) is 0 Å². The van der Waals surface area contributed by atoms with Gasteiger partial charge in [-0.3, -0.25) is 19.4 Å². The number of likely N-dealkylation sites (N-methyl/N-ethyl adjacent to an activating group) is 2. The molecule has 11 heteroatoms. The number of furan rings is 1. The van der Waals surface area contributed by atoms with Gasteiger partial charge in [0.2, 0.25) is 17.6 Å². The molecule has 1 saturated carbocycles. The second-order valence-electron chi connectivity index (χ2n) is 9.57. The standard InChI is InChI=1S/C26H31ClN6O4/c1-32(2)13-14-33(3)26(36)17-8-6-16(7-9-17)24(34)31-22-21-19(5-4-12-28-21)37-23(22)25(35)30-20-11-10-18(27)15-29-20/h4-5,10-12,15-17H,6-9,13-14H2,1-3H3,(H,31,34)(H,29,30,35). The Morgan fingerprint density at radius 1 is 1.00 bits per heavy atom. The summed E-state index contributed by atoms with van der Waals surface area (Å²) >= 11 is 5.87. The fourth-order valence-corrected chi connectivity index (χ4v) is 4.54. The summed E-state index contributed by atoms with van der Waals surface area (Å²) in [6.07, 6.45) is 5.44. The molecule has 1 fully saturated rings. The minimum Gasteiger partial charge on any atom is -0.447 e. The molecule has 0 atom stereocenters. The van der Waals surface area contributed by atoms with E-state index < -0.39 is 5.91 Å². The van der Waals surface area contributed by atoms with Crippen LogP contribution in [-0.4, -0.2) is 71.7 Å². The number of carbonyl (C=O) groups excluding carboxylic acids is 3. The van der Waals surface area contributed by atoms with Crippen molar-refractivity contribution in [3.63, 3.8) is 0 Å². The van der Waals surface area contributed by atoms with Gasteiger partial charge in [0.1, 0.15) is 17.0 Å². The Labute approximate surface area is 220 Å². The van der Waals surface area contributed by atoms with Crippen LogP contribution in [0.3, 0.4) is 0 Å². The predicted octanol–water partition coefficient (Wildman–Crippen LogP) is 3.89. The minimum atomic E-state index is -0.571. The van der Waals surface area contributed by atoms with E-state index in [-0.39, 0.29) is 35.1 Å². The largest absolute Gasteiger partial charge is 0.447 e. The average molecular weight is 527 g/mol. The summed E-state index contributed by atoms with van der Waals surface area (Å²) in [7, 11) is 5.78. The predicted molar refractivity (Wildman–Crippen MR) is 141 cm³/mol. The van der Waals surface area contributed by atoms with Gasteiger partial charge in [-0.1, -0.05) is 11.6 Å². The summed E-state index contributed by atoms with van der Waals surface area (Å²) in [5.74, 6) is -0.805. The lowest BCUT2D eigenvalue weighted by atomic mass is 9.81. The summed E-state index contributed by atoms with van der Waals surface area (Å²) in [6, 6.07) is 6.54. The summed E-state index contributed by atoms with van der Waals surface area (Å²) in [4.78, 5) is 51.3. The third-order valence-corrected chi connectivity index (χ3v) is 6.80. The Morgan fingerprint density at radius 2 is 1.73 bits per heavy atom. The van der Waals surface area contributed by atoms with E-state index in [4.69, 9.17) is 16.0 Å². The van der Waals surface area contributed by atoms with Gasteiger partial charge in [0.05, 0.1) is 5.02 Å². The van der Waals surface area contributed by atoms with Crippen molar-refractivity contribution in [3.8, 4) is 0 Å². The first-order chi connectivity index (χ1) is 17.7. The van der Waals surface area contributed by atoms with Crippen LogP contribution in [0.4, 0.5) is 11.5 Å². The van der Waals surface area contributed by atoms with Gasteiger partial charge in [0.15, 0.2) is 5.58 Å². The van der Waals surface area contributed by atoms with Crippen molar-refractivity contribution < 1.29 is 18.8 Å². The molecule has 1 aliphatic rings. The summed E-state index contributed by atoms with van der Waals surface area (Å²) in [6.45, 7) is 1.47. The van der Waals surface area contributed by atoms with Crippen molar-refractivity contribution in [2.24, 2.45) is 11.8 Å². The summed E-state index contributed by atoms with van der Waals surface area (Å²) in [5, 5.41) is 5.98. The maximum absolute atomic E-state index is 13.2. The molecular weight excluding hydrogens is 496 g/mol. The highest BCUT2D eigenvalue weighted by molar-refractivity contribution is 6.30. The molecule has 0 spiro atoms. The van der Waals surface area contributed by atoms with Crippen molar-refractivity contribution >= 4 is 51.9 Å². The van der Waals surface area contributed by atoms with Crippen molar-refractivity contribution in [1.29, 1.82) is 0 Å². The first-order valence-electron chi connectivity index (χ1n) is 12.2. The molecule has 0 radical (unpaired) electrons. The van der Waals surface area contributed by atoms with Gasteiger partial charge in [0.25, 0.3) is 5.91 Å². The molecule has 0 saturated heterocycles. The number of nitrogens with zero attached hydrogens (tertiary/aromatic N) is 4. The van der Waals surface area contributed by atoms with Crippen LogP contribution in [0.25, 0.3) is 11.1 Å². The molecule has 196 valence electrons. The first-order valence-corrected chi connectivity index (χ1v) is 12.6. The van der Waals surface area contributed by atoms with E-state index >= 15 is 0 Å². The van der Waals surface area contributed by atoms with Crippen LogP contribution in [0.2, 0.25) is 5.02 Å². The molecule has 37 heavy (non-hydrogen) atoms. The monoisotopic (exact) mass is 526 g/mol. The molecule has 3 aromatic rings. The number of fused-ring (bicyclic) bond motifs is 1. The van der Waals surface area contributed by atoms with Crippen molar-refractivity contribution in [2.75, 3.05) is 44.9 Å². The van der Waals surface area contributed by atoms with Gasteiger partial charge in [-0.15, -0.1) is 0 Å². The number of hydrogen-bond donors (Lipinski definition) is 2. The zero-order valence-corrected chi connectivity index (χ0v) is 21.9. The van der Waals surface area contributed by atoms with E-state index in [1.54, 1.807) is 35.4 Å². The van der Waals surface area contributed by atoms with Crippen LogP contribution >= 0.6 is 11.6 Å². The number of nitrogens with one attached hydrogen (secondary N) is 2. The Hall–Kier alpha value is -3.50. The fraction of sp³-hybridized carbons (Fsp3) is 0.423. The lowest BCUT2D eigenvalue weighted by molar-refractivity contribution is -0.136. The topological polar surface area (TPSA) is 121 Å². The van der Waals surface area contributed by atoms with Gasteiger partial charge in [-0.05, 0) is 64.0 Å². The Balaban J connectivity index is 1.43. The normalized spacial score (nSPS) is 17.5. The molecule has 1 aliphatic carbocycles. The number of amides is 3. The number of halogens is 1. The Morgan fingerprint density at radius 3 is 2.41 bits per heavy atom. The quantitative estimate of drug-likeness (QED) is 0.456. The Kier molecular flexibility index (Phi) is 8.40. The third-order valence-electron chi connectivity index (χ3n) is 6.58. The van der Waals surface area contributed by atoms with E-state index in [1.165, 1.54) is 6.20 Å². The van der Waals surface area contributed by atoms with E-state index in [2.05, 4.69) is 20.6 Å². The van der Waals surface area contributed by atoms with Crippen LogP contribution in [0.15, 0.2) is 41.1 Å². The number of aromatic nitrogens is 2. The number of pyridine rings is 2. The van der Waals surface area contributed by atoms with Crippen LogP contribution in [0, 0.1) is 11.8 Å². The highest BCUT2D eigenvalue weighted by Gasteiger charge is 2.33. The second kappa shape index (κ2) is 11.7. The molecule has 4 rings (SSSR count). The molecule has 0 unspecified atom stereocenters. The second-order valence-corrected chi connectivity index (χ2v) is 10.0. The number of anilines is 2. The maximum Gasteiger partial charge on any atom is 0.294 e. The highest BCUT2D eigenvalue weighted by Crippen LogP contribution is 2.34. The first kappa shape index (κ1) is 26.6. The number of rotatable bonds is 8. The fourth-order valence-electron chi connectivity index (χ4n) is 4.43. The molecular formula is C26H31ClN6O4. The molecule has 0 aliphatic heterocycles. The summed E-state index contributed by atoms with van der Waals surface area (Å²) in [5.41, 5.74) is 0.979. The molecule has 3 aromatic heterocycles. The van der Waals surface area contributed by atoms with E-state index in [0.717, 1.165) is 6.54 Å². The molecule has 3 amide bonds. The molecule has 2 N–H and O–H groups in total. The average Bonchev–Trinajstić information content (AvgIpc) is 3.26. The van der Waals surface area contributed by atoms with Crippen LogP contribution < -0.4 is 10.6 Å². The lowest BCUT2D eigenvalue weighted by Gasteiger charge is -2.30. The third kappa shape index (κ3) is 6.44.